The van der Waals surface area contributed by atoms with Crippen molar-refractivity contribution in [3.63, 3.8) is 0 Å². The molecule has 2 fully saturated rings. The van der Waals surface area contributed by atoms with Crippen LogP contribution >= 0.6 is 0 Å². The smallest absolute Gasteiger partial charge is 0.338 e. The van der Waals surface area contributed by atoms with E-state index in [1.807, 2.05) is 12.1 Å². The Bertz CT molecular complexity index is 709. The van der Waals surface area contributed by atoms with Crippen LogP contribution in [0.5, 0.6) is 0 Å². The van der Waals surface area contributed by atoms with Gasteiger partial charge in [0.15, 0.2) is 5.78 Å². The molecule has 0 N–H and O–H groups in total. The Balaban J connectivity index is 1.67. The number of unbranched alkanes of at least 4 members (excludes halogenated alkanes) is 2. The van der Waals surface area contributed by atoms with E-state index in [2.05, 4.69) is 6.92 Å². The Morgan fingerprint density at radius 2 is 2.00 bits per heavy atom. The average Bonchev–Trinajstić information content (AvgIpc) is 3.16. The number of carbonyl (C=O) groups excluding carboxylic acids is 3. The Morgan fingerprint density at radius 1 is 1.22 bits per heavy atom. The predicted molar refractivity (Wildman–Crippen MR) is 100 cm³/mol. The molecule has 0 aromatic heterocycles. The van der Waals surface area contributed by atoms with Gasteiger partial charge < -0.3 is 9.47 Å². The van der Waals surface area contributed by atoms with Gasteiger partial charge in [-0.05, 0) is 24.6 Å². The summed E-state index contributed by atoms with van der Waals surface area (Å²) in [5.41, 5.74) is 0.491. The topological polar surface area (TPSA) is 69.7 Å². The lowest BCUT2D eigenvalue weighted by Crippen LogP contribution is -2.24. The Morgan fingerprint density at radius 3 is 2.74 bits per heavy atom. The summed E-state index contributed by atoms with van der Waals surface area (Å²) in [6, 6.07) is 8.83. The van der Waals surface area contributed by atoms with Gasteiger partial charge in [-0.2, -0.15) is 0 Å². The Labute approximate surface area is 159 Å². The van der Waals surface area contributed by atoms with Gasteiger partial charge in [0, 0.05) is 24.7 Å². The highest BCUT2D eigenvalue weighted by Crippen LogP contribution is 2.43. The molecule has 5 heteroatoms. The minimum atomic E-state index is -0.389. The third-order valence-corrected chi connectivity index (χ3v) is 5.35. The van der Waals surface area contributed by atoms with Crippen LogP contribution in [-0.2, 0) is 19.1 Å². The maximum absolute atomic E-state index is 12.4. The Kier molecular flexibility index (Phi) is 6.43. The molecule has 1 aromatic carbocycles. The molecule has 1 aliphatic carbocycles. The molecule has 1 saturated carbocycles. The van der Waals surface area contributed by atoms with Gasteiger partial charge in [0.1, 0.15) is 12.2 Å². The van der Waals surface area contributed by atoms with Crippen LogP contribution in [0, 0.1) is 11.8 Å². The second-order valence-electron chi connectivity index (χ2n) is 7.30. The molecule has 3 unspecified atom stereocenters. The number of allylic oxidation sites excluding steroid dienone is 1. The number of carbonyl (C=O) groups is 3. The molecule has 2 aliphatic rings. The second-order valence-corrected chi connectivity index (χ2v) is 7.30. The molecule has 0 spiro atoms. The number of hydrogen-bond acceptors (Lipinski definition) is 5. The van der Waals surface area contributed by atoms with Crippen molar-refractivity contribution in [3.05, 3.63) is 48.0 Å². The maximum atomic E-state index is 12.4. The first-order valence-electron chi connectivity index (χ1n) is 9.75. The van der Waals surface area contributed by atoms with Gasteiger partial charge in [-0.3, -0.25) is 9.59 Å². The lowest BCUT2D eigenvalue weighted by Gasteiger charge is -2.20. The van der Waals surface area contributed by atoms with Crippen LogP contribution in [0.25, 0.3) is 0 Å². The normalized spacial score (nSPS) is 26.8. The monoisotopic (exact) mass is 370 g/mol. The molecule has 0 bridgehead atoms. The highest BCUT2D eigenvalue weighted by molar-refractivity contribution is 5.90. The molecule has 3 rings (SSSR count). The standard InChI is InChI=1S/C22H26O5/c1-2-3-5-10-16(23)11-12-17-18-13-21(24)26-20(18)14-19(17)27-22(25)15-8-6-4-7-9-15/h4,6-9,11-12,17-20H,2-3,5,10,13-14H2,1H3/b12-11+/t17?,18-,19?,20?/m1/s1. The molecule has 1 aromatic rings. The zero-order valence-electron chi connectivity index (χ0n) is 15.6. The minimum absolute atomic E-state index is 0.0363. The van der Waals surface area contributed by atoms with E-state index in [0.29, 0.717) is 24.8 Å². The molecule has 1 saturated heterocycles. The molecule has 1 aliphatic heterocycles. The average molecular weight is 370 g/mol. The fourth-order valence-electron chi connectivity index (χ4n) is 3.92. The van der Waals surface area contributed by atoms with E-state index in [9.17, 15) is 14.4 Å². The first-order chi connectivity index (χ1) is 13.1. The van der Waals surface area contributed by atoms with E-state index in [1.54, 1.807) is 30.3 Å². The van der Waals surface area contributed by atoms with Crippen molar-refractivity contribution in [1.82, 2.24) is 0 Å². The SMILES string of the molecule is CCCCCC(=O)/C=C/C1C(OC(=O)c2ccccc2)CC2OC(=O)C[C@@H]21. The third-order valence-electron chi connectivity index (χ3n) is 5.35. The molecule has 27 heavy (non-hydrogen) atoms. The van der Waals surface area contributed by atoms with Crippen molar-refractivity contribution in [2.45, 2.75) is 57.7 Å². The Hall–Kier alpha value is -2.43. The van der Waals surface area contributed by atoms with Gasteiger partial charge in [-0.15, -0.1) is 0 Å². The van der Waals surface area contributed by atoms with Crippen LogP contribution in [0.3, 0.4) is 0 Å². The van der Waals surface area contributed by atoms with Gasteiger partial charge in [-0.1, -0.05) is 44.0 Å². The maximum Gasteiger partial charge on any atom is 0.338 e. The predicted octanol–water partition coefficient (Wildman–Crippen LogP) is 3.87. The minimum Gasteiger partial charge on any atom is -0.462 e. The lowest BCUT2D eigenvalue weighted by molar-refractivity contribution is -0.141. The third kappa shape index (κ3) is 4.85. The molecule has 0 amide bonds. The van der Waals surface area contributed by atoms with Crippen molar-refractivity contribution in [1.29, 1.82) is 0 Å². The largest absolute Gasteiger partial charge is 0.462 e. The number of hydrogen-bond donors (Lipinski definition) is 0. The first kappa shape index (κ1) is 19.3. The number of benzene rings is 1. The highest BCUT2D eigenvalue weighted by Gasteiger charge is 2.50. The van der Waals surface area contributed by atoms with Crippen molar-refractivity contribution in [3.8, 4) is 0 Å². The van der Waals surface area contributed by atoms with Gasteiger partial charge in [0.05, 0.1) is 12.0 Å². The number of fused-ring (bicyclic) bond motifs is 1. The molecule has 5 nitrogen and oxygen atoms in total. The summed E-state index contributed by atoms with van der Waals surface area (Å²) < 4.78 is 11.1. The van der Waals surface area contributed by atoms with Crippen LogP contribution in [0.1, 0.15) is 55.8 Å². The lowest BCUT2D eigenvalue weighted by atomic mass is 9.91. The number of ketones is 1. The molecule has 0 radical (unpaired) electrons. The summed E-state index contributed by atoms with van der Waals surface area (Å²) in [7, 11) is 0. The van der Waals surface area contributed by atoms with Crippen molar-refractivity contribution in [2.24, 2.45) is 11.8 Å². The summed E-state index contributed by atoms with van der Waals surface area (Å²) in [6.45, 7) is 2.10. The van der Waals surface area contributed by atoms with Crippen LogP contribution < -0.4 is 0 Å². The zero-order chi connectivity index (χ0) is 19.2. The quantitative estimate of drug-likeness (QED) is 0.395. The highest BCUT2D eigenvalue weighted by atomic mass is 16.6. The summed E-state index contributed by atoms with van der Waals surface area (Å²) in [5.74, 6) is -0.745. The molecule has 144 valence electrons. The van der Waals surface area contributed by atoms with E-state index in [-0.39, 0.29) is 41.8 Å². The fourth-order valence-corrected chi connectivity index (χ4v) is 3.92. The van der Waals surface area contributed by atoms with E-state index in [0.717, 1.165) is 19.3 Å². The number of esters is 2. The summed E-state index contributed by atoms with van der Waals surface area (Å²) in [6.07, 6.45) is 7.08. The molecule has 1 heterocycles. The van der Waals surface area contributed by atoms with E-state index in [4.69, 9.17) is 9.47 Å². The summed E-state index contributed by atoms with van der Waals surface area (Å²) in [4.78, 5) is 36.2. The number of rotatable bonds is 8. The van der Waals surface area contributed by atoms with Crippen LogP contribution in [0.4, 0.5) is 0 Å². The van der Waals surface area contributed by atoms with Crippen LogP contribution in [0.2, 0.25) is 0 Å². The van der Waals surface area contributed by atoms with Gasteiger partial charge >= 0.3 is 11.9 Å². The molecular formula is C22H26O5. The fraction of sp³-hybridized carbons (Fsp3) is 0.500. The van der Waals surface area contributed by atoms with E-state index in [1.165, 1.54) is 0 Å². The summed E-state index contributed by atoms with van der Waals surface area (Å²) in [5, 5.41) is 0. The van der Waals surface area contributed by atoms with Crippen LogP contribution in [0.15, 0.2) is 42.5 Å². The van der Waals surface area contributed by atoms with E-state index < -0.39 is 0 Å². The van der Waals surface area contributed by atoms with Gasteiger partial charge in [-0.25, -0.2) is 4.79 Å². The van der Waals surface area contributed by atoms with E-state index >= 15 is 0 Å². The van der Waals surface area contributed by atoms with Crippen molar-refractivity contribution < 1.29 is 23.9 Å². The second kappa shape index (κ2) is 8.98. The van der Waals surface area contributed by atoms with Gasteiger partial charge in [0.2, 0.25) is 0 Å². The zero-order valence-corrected chi connectivity index (χ0v) is 15.6. The first-order valence-corrected chi connectivity index (χ1v) is 9.75. The van der Waals surface area contributed by atoms with Gasteiger partial charge in [0.25, 0.3) is 0 Å². The summed E-state index contributed by atoms with van der Waals surface area (Å²) >= 11 is 0. The molecular weight excluding hydrogens is 344 g/mol. The number of ether oxygens (including phenoxy) is 2. The van der Waals surface area contributed by atoms with Crippen LogP contribution in [-0.4, -0.2) is 29.9 Å². The molecule has 4 atom stereocenters. The van der Waals surface area contributed by atoms with Crippen molar-refractivity contribution in [2.75, 3.05) is 0 Å². The van der Waals surface area contributed by atoms with Crippen molar-refractivity contribution >= 4 is 17.7 Å².